The lowest BCUT2D eigenvalue weighted by Crippen LogP contribution is -2.51. The molecule has 1 N–H and O–H groups in total. The van der Waals surface area contributed by atoms with Gasteiger partial charge in [-0.05, 0) is 27.6 Å². The van der Waals surface area contributed by atoms with E-state index in [4.69, 9.17) is 0 Å². The smallest absolute Gasteiger partial charge is 0.255 e. The molecule has 1 saturated heterocycles. The molecule has 0 saturated carbocycles. The molecule has 0 radical (unpaired) electrons. The van der Waals surface area contributed by atoms with Crippen LogP contribution in [0.1, 0.15) is 15.9 Å². The van der Waals surface area contributed by atoms with E-state index < -0.39 is 0 Å². The number of carbonyl (C=O) groups excluding carboxylic acids is 2. The van der Waals surface area contributed by atoms with Crippen molar-refractivity contribution in [1.29, 1.82) is 0 Å². The molecule has 0 unspecified atom stereocenters. The zero-order valence-corrected chi connectivity index (χ0v) is 16.0. The van der Waals surface area contributed by atoms with Crippen molar-refractivity contribution in [2.75, 3.05) is 32.7 Å². The zero-order valence-electron chi connectivity index (χ0n) is 14.4. The van der Waals surface area contributed by atoms with Crippen LogP contribution in [0.4, 0.5) is 0 Å². The third-order valence-electron chi connectivity index (χ3n) is 4.31. The molecule has 26 heavy (non-hydrogen) atoms. The first-order valence-corrected chi connectivity index (χ1v) is 9.34. The van der Waals surface area contributed by atoms with Crippen molar-refractivity contribution in [3.63, 3.8) is 0 Å². The van der Waals surface area contributed by atoms with Gasteiger partial charge in [-0.25, -0.2) is 0 Å². The van der Waals surface area contributed by atoms with Gasteiger partial charge in [0.05, 0.1) is 12.1 Å². The SMILES string of the molecule is O=C(CN1CCN(C(=O)c2cncc(Br)c2)CC1)NCc1ccccc1. The highest BCUT2D eigenvalue weighted by Crippen LogP contribution is 2.13. The van der Waals surface area contributed by atoms with E-state index in [0.29, 0.717) is 44.8 Å². The van der Waals surface area contributed by atoms with Crippen LogP contribution in [0.3, 0.4) is 0 Å². The highest BCUT2D eigenvalue weighted by molar-refractivity contribution is 9.10. The van der Waals surface area contributed by atoms with Crippen LogP contribution >= 0.6 is 15.9 Å². The average molecular weight is 417 g/mol. The predicted molar refractivity (Wildman–Crippen MR) is 103 cm³/mol. The average Bonchev–Trinajstić information content (AvgIpc) is 2.67. The predicted octanol–water partition coefficient (Wildman–Crippen LogP) is 1.92. The fourth-order valence-corrected chi connectivity index (χ4v) is 3.24. The Morgan fingerprint density at radius 1 is 1.08 bits per heavy atom. The molecule has 7 heteroatoms. The van der Waals surface area contributed by atoms with Gasteiger partial charge in [-0.3, -0.25) is 19.5 Å². The van der Waals surface area contributed by atoms with Crippen LogP contribution in [-0.4, -0.2) is 59.3 Å². The summed E-state index contributed by atoms with van der Waals surface area (Å²) in [5, 5.41) is 2.94. The van der Waals surface area contributed by atoms with E-state index in [-0.39, 0.29) is 11.8 Å². The Bertz CT molecular complexity index is 761. The van der Waals surface area contributed by atoms with Gasteiger partial charge in [0.15, 0.2) is 0 Å². The van der Waals surface area contributed by atoms with Crippen molar-refractivity contribution in [1.82, 2.24) is 20.1 Å². The van der Waals surface area contributed by atoms with E-state index >= 15 is 0 Å². The number of hydrogen-bond donors (Lipinski definition) is 1. The lowest BCUT2D eigenvalue weighted by atomic mass is 10.2. The van der Waals surface area contributed by atoms with E-state index in [1.54, 1.807) is 18.5 Å². The maximum Gasteiger partial charge on any atom is 0.255 e. The summed E-state index contributed by atoms with van der Waals surface area (Å²) in [6.07, 6.45) is 3.24. The summed E-state index contributed by atoms with van der Waals surface area (Å²) in [5.74, 6) is -0.0169. The molecule has 3 rings (SSSR count). The molecule has 2 heterocycles. The van der Waals surface area contributed by atoms with Crippen LogP contribution in [0.25, 0.3) is 0 Å². The topological polar surface area (TPSA) is 65.5 Å². The Morgan fingerprint density at radius 2 is 1.81 bits per heavy atom. The number of nitrogens with one attached hydrogen (secondary N) is 1. The minimum atomic E-state index is -0.0213. The molecule has 1 fully saturated rings. The molecular formula is C19H21BrN4O2. The number of pyridine rings is 1. The van der Waals surface area contributed by atoms with E-state index in [9.17, 15) is 9.59 Å². The quantitative estimate of drug-likeness (QED) is 0.808. The first-order chi connectivity index (χ1) is 12.6. The van der Waals surface area contributed by atoms with Crippen LogP contribution in [-0.2, 0) is 11.3 Å². The van der Waals surface area contributed by atoms with Gasteiger partial charge < -0.3 is 10.2 Å². The molecule has 0 aliphatic carbocycles. The molecule has 2 aromatic rings. The second-order valence-electron chi connectivity index (χ2n) is 6.22. The van der Waals surface area contributed by atoms with Crippen LogP contribution in [0.2, 0.25) is 0 Å². The van der Waals surface area contributed by atoms with Gasteiger partial charge in [-0.15, -0.1) is 0 Å². The summed E-state index contributed by atoms with van der Waals surface area (Å²) in [6, 6.07) is 11.6. The van der Waals surface area contributed by atoms with Gasteiger partial charge in [-0.1, -0.05) is 30.3 Å². The van der Waals surface area contributed by atoms with Crippen molar-refractivity contribution < 1.29 is 9.59 Å². The maximum absolute atomic E-state index is 12.5. The molecule has 136 valence electrons. The van der Waals surface area contributed by atoms with Crippen LogP contribution in [0.15, 0.2) is 53.3 Å². The fourth-order valence-electron chi connectivity index (χ4n) is 2.88. The summed E-state index contributed by atoms with van der Waals surface area (Å²) >= 11 is 3.34. The van der Waals surface area contributed by atoms with Crippen molar-refractivity contribution in [3.8, 4) is 0 Å². The summed E-state index contributed by atoms with van der Waals surface area (Å²) in [6.45, 7) is 3.48. The Morgan fingerprint density at radius 3 is 2.50 bits per heavy atom. The third-order valence-corrected chi connectivity index (χ3v) is 4.74. The number of rotatable bonds is 5. The van der Waals surface area contributed by atoms with Crippen molar-refractivity contribution in [2.24, 2.45) is 0 Å². The molecule has 1 aromatic carbocycles. The summed E-state index contributed by atoms with van der Waals surface area (Å²) < 4.78 is 0.789. The van der Waals surface area contributed by atoms with E-state index in [1.165, 1.54) is 0 Å². The number of benzene rings is 1. The van der Waals surface area contributed by atoms with Crippen molar-refractivity contribution in [2.45, 2.75) is 6.54 Å². The lowest BCUT2D eigenvalue weighted by molar-refractivity contribution is -0.122. The van der Waals surface area contributed by atoms with Gasteiger partial charge in [-0.2, -0.15) is 0 Å². The third kappa shape index (κ3) is 5.12. The van der Waals surface area contributed by atoms with E-state index in [2.05, 4.69) is 31.1 Å². The number of carbonyl (C=O) groups is 2. The standard InChI is InChI=1S/C19H21BrN4O2/c20-17-10-16(12-21-13-17)19(26)24-8-6-23(7-9-24)14-18(25)22-11-15-4-2-1-3-5-15/h1-5,10,12-13H,6-9,11,14H2,(H,22,25). The van der Waals surface area contributed by atoms with Gasteiger partial charge in [0, 0.05) is 49.6 Å². The van der Waals surface area contributed by atoms with Gasteiger partial charge in [0.2, 0.25) is 5.91 Å². The summed E-state index contributed by atoms with van der Waals surface area (Å²) in [7, 11) is 0. The Hall–Kier alpha value is -2.25. The van der Waals surface area contributed by atoms with Gasteiger partial charge >= 0.3 is 0 Å². The number of hydrogen-bond acceptors (Lipinski definition) is 4. The van der Waals surface area contributed by atoms with Crippen LogP contribution < -0.4 is 5.32 Å². The Labute approximate surface area is 161 Å². The molecule has 1 aliphatic rings. The molecule has 1 aliphatic heterocycles. The maximum atomic E-state index is 12.5. The van der Waals surface area contributed by atoms with E-state index in [0.717, 1.165) is 10.0 Å². The first-order valence-electron chi connectivity index (χ1n) is 8.54. The number of amides is 2. The fraction of sp³-hybridized carbons (Fsp3) is 0.316. The molecule has 0 atom stereocenters. The molecule has 6 nitrogen and oxygen atoms in total. The number of aromatic nitrogens is 1. The van der Waals surface area contributed by atoms with Crippen LogP contribution in [0.5, 0.6) is 0 Å². The lowest BCUT2D eigenvalue weighted by Gasteiger charge is -2.34. The minimum Gasteiger partial charge on any atom is -0.351 e. The van der Waals surface area contributed by atoms with Crippen molar-refractivity contribution >= 4 is 27.7 Å². The van der Waals surface area contributed by atoms with Gasteiger partial charge in [0.25, 0.3) is 5.91 Å². The molecule has 2 amide bonds. The molecule has 0 spiro atoms. The Balaban J connectivity index is 1.43. The monoisotopic (exact) mass is 416 g/mol. The Kier molecular flexibility index (Phi) is 6.35. The summed E-state index contributed by atoms with van der Waals surface area (Å²) in [4.78, 5) is 32.5. The summed E-state index contributed by atoms with van der Waals surface area (Å²) in [5.41, 5.74) is 1.66. The number of piperazine rings is 1. The van der Waals surface area contributed by atoms with Gasteiger partial charge in [0.1, 0.15) is 0 Å². The van der Waals surface area contributed by atoms with Crippen LogP contribution in [0, 0.1) is 0 Å². The number of nitrogens with zero attached hydrogens (tertiary/aromatic N) is 3. The normalized spacial score (nSPS) is 14.9. The molecule has 1 aromatic heterocycles. The van der Waals surface area contributed by atoms with E-state index in [1.807, 2.05) is 35.2 Å². The second kappa shape index (κ2) is 8.91. The zero-order chi connectivity index (χ0) is 18.4. The first kappa shape index (κ1) is 18.5. The molecular weight excluding hydrogens is 396 g/mol. The molecule has 0 bridgehead atoms. The highest BCUT2D eigenvalue weighted by atomic mass is 79.9. The second-order valence-corrected chi connectivity index (χ2v) is 7.14. The highest BCUT2D eigenvalue weighted by Gasteiger charge is 2.23. The largest absolute Gasteiger partial charge is 0.351 e. The number of halogens is 1. The van der Waals surface area contributed by atoms with Crippen molar-refractivity contribution in [3.05, 3.63) is 64.4 Å². The minimum absolute atomic E-state index is 0.00446.